The van der Waals surface area contributed by atoms with Gasteiger partial charge < -0.3 is 34.7 Å². The molecule has 19 heteroatoms. The molecule has 3 N–H and O–H groups in total. The first-order valence-electron chi connectivity index (χ1n) is 17.9. The van der Waals surface area contributed by atoms with Crippen LogP contribution in [0.5, 0.6) is 5.75 Å². The molecule has 1 saturated carbocycles. The molecule has 5 rings (SSSR count). The Morgan fingerprint density at radius 1 is 1.04 bits per heavy atom. The molecule has 2 amide bonds. The summed E-state index contributed by atoms with van der Waals surface area (Å²) in [6.45, 7) is 5.84. The highest BCUT2D eigenvalue weighted by Gasteiger charge is 2.47. The number of carboxylic acids is 1. The predicted molar refractivity (Wildman–Crippen MR) is 203 cm³/mol. The van der Waals surface area contributed by atoms with Gasteiger partial charge in [0.2, 0.25) is 21.8 Å². The van der Waals surface area contributed by atoms with Gasteiger partial charge in [-0.1, -0.05) is 48.2 Å². The summed E-state index contributed by atoms with van der Waals surface area (Å²) in [6.07, 6.45) is -2.53. The zero-order valence-electron chi connectivity index (χ0n) is 31.8. The predicted octanol–water partition coefficient (Wildman–Crippen LogP) is 3.72. The molecule has 0 unspecified atom stereocenters. The van der Waals surface area contributed by atoms with Crippen LogP contribution in [0.2, 0.25) is 10.0 Å². The average molecular weight is 848 g/mol. The van der Waals surface area contributed by atoms with Crippen molar-refractivity contribution in [1.29, 1.82) is 0 Å². The largest absolute Gasteiger partial charge is 0.542 e. The number of nitrogens with two attached hydrogens (primary N) is 1. The summed E-state index contributed by atoms with van der Waals surface area (Å²) in [5, 5.41) is 9.91. The molecule has 0 radical (unpaired) electrons. The van der Waals surface area contributed by atoms with E-state index in [-0.39, 0.29) is 33.4 Å². The number of aromatic nitrogens is 1. The van der Waals surface area contributed by atoms with Gasteiger partial charge in [-0.25, -0.2) is 13.4 Å². The van der Waals surface area contributed by atoms with Crippen molar-refractivity contribution in [2.75, 3.05) is 53.9 Å². The number of carboxylic acid groups (broad SMARTS) is 1. The van der Waals surface area contributed by atoms with Gasteiger partial charge in [0.25, 0.3) is 0 Å². The highest BCUT2D eigenvalue weighted by atomic mass is 35.5. The number of aryl methyl sites for hydroxylation is 2. The van der Waals surface area contributed by atoms with E-state index >= 15 is 0 Å². The number of piperazine rings is 1. The zero-order valence-corrected chi connectivity index (χ0v) is 34.2. The lowest BCUT2D eigenvalue weighted by Gasteiger charge is -2.40. The summed E-state index contributed by atoms with van der Waals surface area (Å²) < 4.78 is 69.2. The SMILES string of the molecule is Cc1cc(C)c2cccc(OCc3c(Cl)ccc(S(=O)(=O)NC4(C(=O)N5CCN(C(=O)[C@@H](N)CC[N+](C)(C)C)CC5)CCCC4)c3Cl)c2n1.O=C([O-])C(F)(F)F. The fraction of sp³-hybridized carbons (Fsp3) is 0.514. The van der Waals surface area contributed by atoms with E-state index in [9.17, 15) is 31.2 Å². The van der Waals surface area contributed by atoms with Crippen LogP contribution >= 0.6 is 23.2 Å². The van der Waals surface area contributed by atoms with Gasteiger partial charge >= 0.3 is 6.18 Å². The Kier molecular flexibility index (Phi) is 14.3. The number of quaternary nitrogens is 1. The van der Waals surface area contributed by atoms with Crippen molar-refractivity contribution in [2.24, 2.45) is 5.73 Å². The van der Waals surface area contributed by atoms with Crippen molar-refractivity contribution in [3.63, 3.8) is 0 Å². The Hall–Kier alpha value is -3.74. The van der Waals surface area contributed by atoms with E-state index in [2.05, 4.69) is 30.8 Å². The van der Waals surface area contributed by atoms with Crippen LogP contribution < -0.4 is 20.3 Å². The molecule has 13 nitrogen and oxygen atoms in total. The van der Waals surface area contributed by atoms with Crippen LogP contribution in [-0.2, 0) is 31.0 Å². The number of para-hydroxylation sites is 1. The number of rotatable bonds is 11. The van der Waals surface area contributed by atoms with E-state index in [1.807, 2.05) is 32.0 Å². The van der Waals surface area contributed by atoms with Gasteiger partial charge in [-0.2, -0.15) is 17.9 Å². The standard InChI is InChI=1S/C35H47Cl2N6O5S.C2HF3O2/c1-23-21-24(2)39-32-25(23)9-8-10-29(32)48-22-26-27(36)11-12-30(31(26)37)49(46,47)40-35(14-6-7-15-35)34(45)42-18-16-41(17-19-42)33(44)28(38)13-20-43(3,4)5;3-2(4,5)1(6)7/h8-12,21,28,40H,6-7,13-20,22,38H2,1-5H3;(H,6,7)/q+1;/p-1/t28-;/m0./s1. The number of aliphatic carboxylic acids is 1. The first kappa shape index (κ1) is 45.0. The smallest absolute Gasteiger partial charge is 0.430 e. The first-order chi connectivity index (χ1) is 26.0. The normalized spacial score (nSPS) is 16.6. The Balaban J connectivity index is 0.000000908. The average Bonchev–Trinajstić information content (AvgIpc) is 3.58. The van der Waals surface area contributed by atoms with E-state index in [0.717, 1.165) is 23.2 Å². The third kappa shape index (κ3) is 11.0. The number of halogens is 5. The lowest BCUT2D eigenvalue weighted by molar-refractivity contribution is -0.870. The van der Waals surface area contributed by atoms with Gasteiger partial charge in [-0.05, 0) is 56.5 Å². The maximum atomic E-state index is 14.1. The van der Waals surface area contributed by atoms with Crippen LogP contribution in [-0.4, -0.2) is 117 Å². The topological polar surface area (TPSA) is 175 Å². The fourth-order valence-corrected chi connectivity index (χ4v) is 9.01. The highest BCUT2D eigenvalue weighted by Crippen LogP contribution is 2.37. The number of hydrogen-bond acceptors (Lipinski definition) is 9. The molecule has 1 aliphatic carbocycles. The van der Waals surface area contributed by atoms with E-state index in [0.29, 0.717) is 79.6 Å². The van der Waals surface area contributed by atoms with E-state index in [1.165, 1.54) is 12.1 Å². The molecule has 1 saturated heterocycles. The summed E-state index contributed by atoms with van der Waals surface area (Å²) in [5.74, 6) is -2.91. The number of carbonyl (C=O) groups excluding carboxylic acids is 3. The van der Waals surface area contributed by atoms with Gasteiger partial charge in [0, 0.05) is 54.3 Å². The number of nitrogens with zero attached hydrogens (tertiary/aromatic N) is 4. The number of benzene rings is 2. The van der Waals surface area contributed by atoms with Crippen LogP contribution in [0, 0.1) is 13.8 Å². The number of hydrogen-bond donors (Lipinski definition) is 2. The molecule has 0 spiro atoms. The molecule has 2 aromatic carbocycles. The van der Waals surface area contributed by atoms with Crippen molar-refractivity contribution in [2.45, 2.75) is 75.2 Å². The molecular weight excluding hydrogens is 800 g/mol. The van der Waals surface area contributed by atoms with E-state index in [4.69, 9.17) is 43.6 Å². The van der Waals surface area contributed by atoms with Crippen LogP contribution in [0.15, 0.2) is 41.3 Å². The molecule has 2 aliphatic rings. The number of ether oxygens (including phenoxy) is 1. The summed E-state index contributed by atoms with van der Waals surface area (Å²) in [7, 11) is 1.88. The number of carbonyl (C=O) groups is 3. The minimum absolute atomic E-state index is 0.0742. The van der Waals surface area contributed by atoms with Gasteiger partial charge in [0.05, 0.1) is 38.8 Å². The number of fused-ring (bicyclic) bond motifs is 1. The molecule has 1 aliphatic heterocycles. The van der Waals surface area contributed by atoms with Gasteiger partial charge in [0.15, 0.2) is 0 Å². The summed E-state index contributed by atoms with van der Waals surface area (Å²) >= 11 is 13.3. The van der Waals surface area contributed by atoms with Crippen LogP contribution in [0.1, 0.15) is 48.9 Å². The molecular formula is C37H47Cl2F3N6O7S. The fourth-order valence-electron chi connectivity index (χ4n) is 6.71. The molecule has 2 fully saturated rings. The number of sulfonamides is 1. The Morgan fingerprint density at radius 3 is 2.20 bits per heavy atom. The highest BCUT2D eigenvalue weighted by molar-refractivity contribution is 7.89. The van der Waals surface area contributed by atoms with Crippen molar-refractivity contribution in [3.8, 4) is 5.75 Å². The zero-order chi connectivity index (χ0) is 41.8. The number of alkyl halides is 3. The van der Waals surface area contributed by atoms with Crippen molar-refractivity contribution in [1.82, 2.24) is 19.5 Å². The maximum absolute atomic E-state index is 14.1. The van der Waals surface area contributed by atoms with E-state index in [1.54, 1.807) is 15.9 Å². The molecule has 3 aromatic rings. The third-order valence-electron chi connectivity index (χ3n) is 9.68. The first-order valence-corrected chi connectivity index (χ1v) is 20.1. The second kappa shape index (κ2) is 17.8. The lowest BCUT2D eigenvalue weighted by atomic mass is 9.96. The Labute approximate surface area is 334 Å². The van der Waals surface area contributed by atoms with Crippen molar-refractivity contribution < 1.29 is 50.3 Å². The van der Waals surface area contributed by atoms with Crippen molar-refractivity contribution >= 4 is 61.9 Å². The van der Waals surface area contributed by atoms with Crippen LogP contribution in [0.25, 0.3) is 10.9 Å². The Morgan fingerprint density at radius 2 is 1.62 bits per heavy atom. The van der Waals surface area contributed by atoms with Gasteiger partial charge in [0.1, 0.15) is 34.3 Å². The van der Waals surface area contributed by atoms with Crippen molar-refractivity contribution in [3.05, 3.63) is 63.3 Å². The Bertz CT molecular complexity index is 2050. The molecule has 1 aromatic heterocycles. The number of pyridine rings is 1. The molecule has 308 valence electrons. The van der Waals surface area contributed by atoms with Crippen LogP contribution in [0.3, 0.4) is 0 Å². The van der Waals surface area contributed by atoms with Gasteiger partial charge in [-0.15, -0.1) is 0 Å². The molecule has 1 atom stereocenters. The minimum Gasteiger partial charge on any atom is -0.542 e. The summed E-state index contributed by atoms with van der Waals surface area (Å²) in [4.78, 5) is 43.7. The second-order valence-electron chi connectivity index (χ2n) is 15.1. The molecule has 2 heterocycles. The number of amides is 2. The molecule has 56 heavy (non-hydrogen) atoms. The third-order valence-corrected chi connectivity index (χ3v) is 12.2. The lowest BCUT2D eigenvalue weighted by Crippen LogP contribution is -2.62. The van der Waals surface area contributed by atoms with Gasteiger partial charge in [-0.3, -0.25) is 9.59 Å². The quantitative estimate of drug-likeness (QED) is 0.273. The van der Waals surface area contributed by atoms with Crippen LogP contribution in [0.4, 0.5) is 13.2 Å². The molecule has 0 bridgehead atoms. The minimum atomic E-state index is -5.19. The summed E-state index contributed by atoms with van der Waals surface area (Å²) in [5.41, 5.74) is 7.79. The monoisotopic (exact) mass is 846 g/mol. The number of nitrogens with one attached hydrogen (secondary N) is 1. The van der Waals surface area contributed by atoms with E-state index < -0.39 is 33.7 Å². The summed E-state index contributed by atoms with van der Waals surface area (Å²) in [6, 6.07) is 9.84. The second-order valence-corrected chi connectivity index (χ2v) is 17.5. The maximum Gasteiger partial charge on any atom is 0.430 e.